The molecule has 1 aromatic heterocycles. The van der Waals surface area contributed by atoms with E-state index in [4.69, 9.17) is 14.4 Å². The molecule has 100 valence electrons. The van der Waals surface area contributed by atoms with Crippen LogP contribution in [0.3, 0.4) is 0 Å². The highest BCUT2D eigenvalue weighted by Crippen LogP contribution is 2.39. The minimum absolute atomic E-state index is 0.00193. The fourth-order valence-electron chi connectivity index (χ4n) is 1.90. The lowest BCUT2D eigenvalue weighted by molar-refractivity contribution is 0.0652. The Labute approximate surface area is 109 Å². The first kappa shape index (κ1) is 12.9. The van der Waals surface area contributed by atoms with Crippen LogP contribution in [-0.2, 0) is 0 Å². The number of aryl methyl sites for hydroxylation is 1. The Morgan fingerprint density at radius 1 is 1.37 bits per heavy atom. The van der Waals surface area contributed by atoms with Crippen molar-refractivity contribution in [1.82, 2.24) is 5.16 Å². The van der Waals surface area contributed by atoms with E-state index in [0.717, 1.165) is 0 Å². The van der Waals surface area contributed by atoms with E-state index in [1.54, 1.807) is 19.9 Å². The van der Waals surface area contributed by atoms with Gasteiger partial charge in [-0.1, -0.05) is 5.16 Å². The Bertz CT molecular complexity index is 645. The molecule has 1 heterocycles. The molecule has 6 heteroatoms. The normalized spacial score (nSPS) is 10.5. The van der Waals surface area contributed by atoms with Gasteiger partial charge in [-0.15, -0.1) is 0 Å². The van der Waals surface area contributed by atoms with Crippen molar-refractivity contribution in [2.45, 2.75) is 13.8 Å². The number of ether oxygens (including phenoxy) is 1. The number of hydrogen-bond acceptors (Lipinski definition) is 5. The highest BCUT2D eigenvalue weighted by atomic mass is 16.5. The van der Waals surface area contributed by atoms with E-state index in [9.17, 15) is 9.90 Å². The van der Waals surface area contributed by atoms with Crippen LogP contribution in [0.5, 0.6) is 11.5 Å². The molecular formula is C13H13NO5. The number of carbonyl (C=O) groups is 1. The summed E-state index contributed by atoms with van der Waals surface area (Å²) in [5, 5.41) is 22.7. The predicted molar refractivity (Wildman–Crippen MR) is 66.6 cm³/mol. The van der Waals surface area contributed by atoms with Crippen LogP contribution in [-0.4, -0.2) is 28.4 Å². The first-order valence-corrected chi connectivity index (χ1v) is 5.53. The van der Waals surface area contributed by atoms with Gasteiger partial charge < -0.3 is 19.5 Å². The van der Waals surface area contributed by atoms with Gasteiger partial charge in [-0.05, 0) is 25.5 Å². The van der Waals surface area contributed by atoms with Crippen molar-refractivity contribution in [1.29, 1.82) is 0 Å². The molecule has 0 radical (unpaired) electrons. The summed E-state index contributed by atoms with van der Waals surface area (Å²) in [6.07, 6.45) is 0. The number of rotatable bonds is 3. The number of benzene rings is 1. The highest BCUT2D eigenvalue weighted by molar-refractivity contribution is 5.86. The molecule has 2 aromatic rings. The van der Waals surface area contributed by atoms with Gasteiger partial charge in [-0.3, -0.25) is 0 Å². The second kappa shape index (κ2) is 4.64. The van der Waals surface area contributed by atoms with E-state index < -0.39 is 5.97 Å². The number of carboxylic acid groups (broad SMARTS) is 1. The summed E-state index contributed by atoms with van der Waals surface area (Å²) >= 11 is 0. The topological polar surface area (TPSA) is 92.8 Å². The Morgan fingerprint density at radius 2 is 2.05 bits per heavy atom. The minimum atomic E-state index is -1.21. The summed E-state index contributed by atoms with van der Waals surface area (Å²) in [6, 6.07) is 3.02. The molecule has 0 aliphatic rings. The number of hydrogen-bond donors (Lipinski definition) is 2. The second-order valence-corrected chi connectivity index (χ2v) is 4.13. The van der Waals surface area contributed by atoms with Crippen LogP contribution in [0.25, 0.3) is 11.3 Å². The number of aromatic carboxylic acids is 1. The van der Waals surface area contributed by atoms with Gasteiger partial charge in [0.2, 0.25) is 5.76 Å². The van der Waals surface area contributed by atoms with Crippen LogP contribution in [0.2, 0.25) is 0 Å². The number of methoxy groups -OCH3 is 1. The van der Waals surface area contributed by atoms with E-state index in [1.165, 1.54) is 13.2 Å². The fourth-order valence-corrected chi connectivity index (χ4v) is 1.90. The second-order valence-electron chi connectivity index (χ2n) is 4.13. The molecule has 0 saturated heterocycles. The molecule has 2 rings (SSSR count). The summed E-state index contributed by atoms with van der Waals surface area (Å²) < 4.78 is 9.84. The molecule has 6 nitrogen and oxygen atoms in total. The fraction of sp³-hybridized carbons (Fsp3) is 0.231. The van der Waals surface area contributed by atoms with Crippen LogP contribution in [0.15, 0.2) is 16.7 Å². The van der Waals surface area contributed by atoms with Crippen molar-refractivity contribution in [3.05, 3.63) is 29.0 Å². The third-order valence-corrected chi connectivity index (χ3v) is 2.90. The number of carboxylic acids is 1. The average Bonchev–Trinajstić information content (AvgIpc) is 2.83. The monoisotopic (exact) mass is 263 g/mol. The Balaban J connectivity index is 2.61. The van der Waals surface area contributed by atoms with Crippen molar-refractivity contribution < 1.29 is 24.3 Å². The third kappa shape index (κ3) is 2.12. The minimum Gasteiger partial charge on any atom is -0.507 e. The van der Waals surface area contributed by atoms with E-state index >= 15 is 0 Å². The summed E-state index contributed by atoms with van der Waals surface area (Å²) in [7, 11) is 1.51. The van der Waals surface area contributed by atoms with Gasteiger partial charge in [0.05, 0.1) is 7.11 Å². The molecule has 2 N–H and O–H groups in total. The molecule has 1 aromatic carbocycles. The van der Waals surface area contributed by atoms with Crippen LogP contribution < -0.4 is 4.74 Å². The lowest BCUT2D eigenvalue weighted by Crippen LogP contribution is -1.93. The Morgan fingerprint density at radius 3 is 2.58 bits per heavy atom. The van der Waals surface area contributed by atoms with Crippen LogP contribution in [0, 0.1) is 13.8 Å². The zero-order valence-corrected chi connectivity index (χ0v) is 10.7. The summed E-state index contributed by atoms with van der Waals surface area (Å²) in [4.78, 5) is 10.8. The molecule has 0 spiro atoms. The maximum atomic E-state index is 10.8. The average molecular weight is 263 g/mol. The maximum absolute atomic E-state index is 10.8. The number of aromatic nitrogens is 1. The highest BCUT2D eigenvalue weighted by Gasteiger charge is 2.19. The van der Waals surface area contributed by atoms with E-state index in [1.807, 2.05) is 0 Å². The van der Waals surface area contributed by atoms with E-state index in [-0.39, 0.29) is 17.2 Å². The van der Waals surface area contributed by atoms with E-state index in [0.29, 0.717) is 22.4 Å². The van der Waals surface area contributed by atoms with Gasteiger partial charge in [0.15, 0.2) is 0 Å². The number of aromatic hydroxyl groups is 1. The van der Waals surface area contributed by atoms with Crippen molar-refractivity contribution in [3.63, 3.8) is 0 Å². The van der Waals surface area contributed by atoms with Gasteiger partial charge in [0.25, 0.3) is 0 Å². The number of phenolic OH excluding ortho intramolecular Hbond substituents is 1. The van der Waals surface area contributed by atoms with Crippen molar-refractivity contribution >= 4 is 5.97 Å². The van der Waals surface area contributed by atoms with Gasteiger partial charge in [-0.2, -0.15) is 0 Å². The zero-order chi connectivity index (χ0) is 14.2. The summed E-state index contributed by atoms with van der Waals surface area (Å²) in [5.74, 6) is -0.925. The molecule has 0 saturated carbocycles. The van der Waals surface area contributed by atoms with Crippen LogP contribution in [0.1, 0.15) is 21.7 Å². The van der Waals surface area contributed by atoms with Crippen LogP contribution in [0.4, 0.5) is 0 Å². The molecule has 0 atom stereocenters. The molecule has 19 heavy (non-hydrogen) atoms. The van der Waals surface area contributed by atoms with Gasteiger partial charge in [0, 0.05) is 17.2 Å². The summed E-state index contributed by atoms with van der Waals surface area (Å²) in [6.45, 7) is 3.47. The van der Waals surface area contributed by atoms with Gasteiger partial charge in [0.1, 0.15) is 17.2 Å². The Hall–Kier alpha value is -2.50. The molecule has 0 aliphatic carbocycles. The van der Waals surface area contributed by atoms with E-state index in [2.05, 4.69) is 5.16 Å². The summed E-state index contributed by atoms with van der Waals surface area (Å²) in [5.41, 5.74) is 1.99. The standard InChI is InChI=1S/C13H13NO5/c1-6-4-9(18-3)7(2)12(15)11(6)8-5-10(13(16)17)19-14-8/h4-5,15H,1-3H3,(H,16,17). The molecule has 0 unspecified atom stereocenters. The smallest absolute Gasteiger partial charge is 0.374 e. The lowest BCUT2D eigenvalue weighted by atomic mass is 10.00. The quantitative estimate of drug-likeness (QED) is 0.883. The first-order valence-electron chi connectivity index (χ1n) is 5.53. The molecule has 0 bridgehead atoms. The predicted octanol–water partition coefficient (Wildman–Crippen LogP) is 2.37. The van der Waals surface area contributed by atoms with Gasteiger partial charge >= 0.3 is 5.97 Å². The van der Waals surface area contributed by atoms with Crippen molar-refractivity contribution in [2.24, 2.45) is 0 Å². The van der Waals surface area contributed by atoms with Crippen LogP contribution >= 0.6 is 0 Å². The van der Waals surface area contributed by atoms with Crippen molar-refractivity contribution in [2.75, 3.05) is 7.11 Å². The molecular weight excluding hydrogens is 250 g/mol. The molecule has 0 fully saturated rings. The maximum Gasteiger partial charge on any atom is 0.374 e. The number of phenols is 1. The molecule has 0 amide bonds. The third-order valence-electron chi connectivity index (χ3n) is 2.90. The largest absolute Gasteiger partial charge is 0.507 e. The zero-order valence-electron chi connectivity index (χ0n) is 10.7. The molecule has 0 aliphatic heterocycles. The SMILES string of the molecule is COc1cc(C)c(-c2cc(C(=O)O)on2)c(O)c1C. The van der Waals surface area contributed by atoms with Gasteiger partial charge in [-0.25, -0.2) is 4.79 Å². The number of nitrogens with zero attached hydrogens (tertiary/aromatic N) is 1. The first-order chi connectivity index (χ1) is 8.95. The van der Waals surface area contributed by atoms with Crippen molar-refractivity contribution in [3.8, 4) is 22.8 Å². The Kier molecular flexibility index (Phi) is 3.16. The lowest BCUT2D eigenvalue weighted by Gasteiger charge is -2.12.